The Bertz CT molecular complexity index is 1120. The summed E-state index contributed by atoms with van der Waals surface area (Å²) < 4.78 is 7.40. The SMILES string of the molecule is O=C(O)CCCc1cn(CCOCCSc2cccc3c2CN(C2CCC(=O)NC2=O)C3=O)nn1. The Morgan fingerprint density at radius 2 is 2.11 bits per heavy atom. The minimum Gasteiger partial charge on any atom is -0.481 e. The molecule has 1 atom stereocenters. The van der Waals surface area contributed by atoms with E-state index in [0.717, 1.165) is 16.2 Å². The van der Waals surface area contributed by atoms with Gasteiger partial charge in [-0.1, -0.05) is 11.3 Å². The lowest BCUT2D eigenvalue weighted by Gasteiger charge is -2.29. The first-order chi connectivity index (χ1) is 16.9. The highest BCUT2D eigenvalue weighted by molar-refractivity contribution is 7.99. The van der Waals surface area contributed by atoms with Gasteiger partial charge in [0.25, 0.3) is 5.91 Å². The van der Waals surface area contributed by atoms with Crippen molar-refractivity contribution in [2.45, 2.75) is 56.1 Å². The first-order valence-electron chi connectivity index (χ1n) is 11.5. The molecule has 2 aliphatic heterocycles. The molecule has 3 heterocycles. The van der Waals surface area contributed by atoms with Gasteiger partial charge in [-0.25, -0.2) is 4.68 Å². The van der Waals surface area contributed by atoms with Crippen LogP contribution in [0.5, 0.6) is 0 Å². The number of piperidine rings is 1. The number of hydrogen-bond donors (Lipinski definition) is 2. The van der Waals surface area contributed by atoms with Gasteiger partial charge in [-0.15, -0.1) is 16.9 Å². The van der Waals surface area contributed by atoms with Crippen molar-refractivity contribution in [1.29, 1.82) is 0 Å². The zero-order chi connectivity index (χ0) is 24.8. The Morgan fingerprint density at radius 1 is 1.26 bits per heavy atom. The Morgan fingerprint density at radius 3 is 2.91 bits per heavy atom. The van der Waals surface area contributed by atoms with E-state index in [2.05, 4.69) is 15.6 Å². The normalized spacial score (nSPS) is 17.5. The molecule has 4 rings (SSSR count). The molecule has 186 valence electrons. The predicted molar refractivity (Wildman–Crippen MR) is 125 cm³/mol. The number of carboxylic acid groups (broad SMARTS) is 1. The lowest BCUT2D eigenvalue weighted by atomic mass is 10.0. The Balaban J connectivity index is 1.21. The molecule has 3 amide bonds. The second-order valence-corrected chi connectivity index (χ2v) is 9.50. The number of nitrogens with one attached hydrogen (secondary N) is 1. The topological polar surface area (TPSA) is 144 Å². The van der Waals surface area contributed by atoms with Crippen LogP contribution in [0.15, 0.2) is 29.3 Å². The van der Waals surface area contributed by atoms with Gasteiger partial charge in [0.05, 0.1) is 25.5 Å². The molecule has 1 fully saturated rings. The van der Waals surface area contributed by atoms with Gasteiger partial charge in [0.2, 0.25) is 11.8 Å². The monoisotopic (exact) mass is 501 g/mol. The van der Waals surface area contributed by atoms with Crippen LogP contribution in [0.1, 0.15) is 47.3 Å². The van der Waals surface area contributed by atoms with Gasteiger partial charge in [-0.05, 0) is 37.0 Å². The molecule has 0 spiro atoms. The number of carbonyl (C=O) groups is 4. The molecule has 1 unspecified atom stereocenters. The van der Waals surface area contributed by atoms with E-state index < -0.39 is 17.9 Å². The van der Waals surface area contributed by atoms with E-state index in [4.69, 9.17) is 9.84 Å². The summed E-state index contributed by atoms with van der Waals surface area (Å²) in [6.45, 7) is 1.88. The van der Waals surface area contributed by atoms with Gasteiger partial charge in [-0.3, -0.25) is 24.5 Å². The zero-order valence-electron chi connectivity index (χ0n) is 19.1. The number of benzene rings is 1. The van der Waals surface area contributed by atoms with Gasteiger partial charge >= 0.3 is 5.97 Å². The number of aryl methyl sites for hydroxylation is 1. The maximum absolute atomic E-state index is 12.9. The van der Waals surface area contributed by atoms with Crippen molar-refractivity contribution in [2.75, 3.05) is 19.0 Å². The standard InChI is InChI=1S/C23H27N5O6S/c29-20-8-7-18(22(32)24-20)28-14-17-16(23(28)33)4-2-5-19(17)35-12-11-34-10-9-27-13-15(25-26-27)3-1-6-21(30)31/h2,4-5,13,18H,1,3,6-12,14H2,(H,30,31)(H,24,29,32). The third kappa shape index (κ3) is 6.25. The lowest BCUT2D eigenvalue weighted by molar-refractivity contribution is -0.138. The highest BCUT2D eigenvalue weighted by Gasteiger charge is 2.39. The van der Waals surface area contributed by atoms with Crippen molar-refractivity contribution in [1.82, 2.24) is 25.2 Å². The molecular weight excluding hydrogens is 474 g/mol. The van der Waals surface area contributed by atoms with E-state index in [0.29, 0.717) is 56.9 Å². The number of thioether (sulfide) groups is 1. The molecular formula is C23H27N5O6S. The van der Waals surface area contributed by atoms with Crippen LogP contribution in [0.4, 0.5) is 0 Å². The summed E-state index contributed by atoms with van der Waals surface area (Å²) in [7, 11) is 0. The average Bonchev–Trinajstić information content (AvgIpc) is 3.41. The first-order valence-corrected chi connectivity index (χ1v) is 12.5. The number of rotatable bonds is 12. The van der Waals surface area contributed by atoms with E-state index >= 15 is 0 Å². The number of aliphatic carboxylic acids is 1. The fourth-order valence-electron chi connectivity index (χ4n) is 4.15. The highest BCUT2D eigenvalue weighted by atomic mass is 32.2. The van der Waals surface area contributed by atoms with Gasteiger partial charge in [0, 0.05) is 41.8 Å². The molecule has 0 aliphatic carbocycles. The fraction of sp³-hybridized carbons (Fsp3) is 0.478. The number of carbonyl (C=O) groups excluding carboxylic acids is 3. The molecule has 1 aromatic carbocycles. The summed E-state index contributed by atoms with van der Waals surface area (Å²) in [4.78, 5) is 49.7. The van der Waals surface area contributed by atoms with Crippen molar-refractivity contribution >= 4 is 35.5 Å². The van der Waals surface area contributed by atoms with Crippen LogP contribution in [-0.4, -0.2) is 73.7 Å². The summed E-state index contributed by atoms with van der Waals surface area (Å²) in [5.41, 5.74) is 2.27. The third-order valence-corrected chi connectivity index (χ3v) is 6.96. The van der Waals surface area contributed by atoms with Crippen molar-refractivity contribution in [2.24, 2.45) is 0 Å². The van der Waals surface area contributed by atoms with Crippen LogP contribution in [0.2, 0.25) is 0 Å². The zero-order valence-corrected chi connectivity index (χ0v) is 20.0. The van der Waals surface area contributed by atoms with Gasteiger partial charge < -0.3 is 14.7 Å². The molecule has 2 N–H and O–H groups in total. The summed E-state index contributed by atoms with van der Waals surface area (Å²) >= 11 is 1.60. The van der Waals surface area contributed by atoms with Gasteiger partial charge in [-0.2, -0.15) is 0 Å². The number of imide groups is 1. The van der Waals surface area contributed by atoms with Gasteiger partial charge in [0.1, 0.15) is 6.04 Å². The van der Waals surface area contributed by atoms with Crippen molar-refractivity contribution in [3.05, 3.63) is 41.2 Å². The maximum atomic E-state index is 12.9. The average molecular weight is 502 g/mol. The Kier molecular flexibility index (Phi) is 8.13. The summed E-state index contributed by atoms with van der Waals surface area (Å²) in [5, 5.41) is 19.1. The molecule has 1 saturated heterocycles. The number of amides is 3. The molecule has 2 aliphatic rings. The van der Waals surface area contributed by atoms with E-state index in [-0.39, 0.29) is 24.7 Å². The largest absolute Gasteiger partial charge is 0.481 e. The quantitative estimate of drug-likeness (QED) is 0.249. The molecule has 0 radical (unpaired) electrons. The summed E-state index contributed by atoms with van der Waals surface area (Å²) in [6, 6.07) is 4.96. The van der Waals surface area contributed by atoms with Crippen molar-refractivity contribution in [3.63, 3.8) is 0 Å². The predicted octanol–water partition coefficient (Wildman–Crippen LogP) is 1.26. The molecule has 35 heavy (non-hydrogen) atoms. The van der Waals surface area contributed by atoms with E-state index in [1.165, 1.54) is 0 Å². The van der Waals surface area contributed by atoms with Crippen molar-refractivity contribution < 1.29 is 29.0 Å². The molecule has 2 aromatic rings. The third-order valence-electron chi connectivity index (χ3n) is 5.90. The van der Waals surface area contributed by atoms with Gasteiger partial charge in [0.15, 0.2) is 0 Å². The highest BCUT2D eigenvalue weighted by Crippen LogP contribution is 2.34. The summed E-state index contributed by atoms with van der Waals surface area (Å²) in [6.07, 6.45) is 3.60. The van der Waals surface area contributed by atoms with Crippen LogP contribution >= 0.6 is 11.8 Å². The van der Waals surface area contributed by atoms with Crippen molar-refractivity contribution in [3.8, 4) is 0 Å². The van der Waals surface area contributed by atoms with Crippen LogP contribution in [0.3, 0.4) is 0 Å². The number of carboxylic acids is 1. The Hall–Kier alpha value is -3.25. The minimum atomic E-state index is -0.817. The van der Waals surface area contributed by atoms with Crippen LogP contribution in [0, 0.1) is 0 Å². The molecule has 0 bridgehead atoms. The molecule has 12 heteroatoms. The molecule has 1 aromatic heterocycles. The molecule has 11 nitrogen and oxygen atoms in total. The fourth-order valence-corrected chi connectivity index (χ4v) is 5.09. The van der Waals surface area contributed by atoms with Crippen LogP contribution in [0.25, 0.3) is 0 Å². The first kappa shape index (κ1) is 24.9. The number of fused-ring (bicyclic) bond motifs is 1. The van der Waals surface area contributed by atoms with Crippen LogP contribution < -0.4 is 5.32 Å². The smallest absolute Gasteiger partial charge is 0.303 e. The summed E-state index contributed by atoms with van der Waals surface area (Å²) in [5.74, 6) is -1.01. The number of ether oxygens (including phenoxy) is 1. The van der Waals surface area contributed by atoms with E-state index in [1.54, 1.807) is 33.6 Å². The van der Waals surface area contributed by atoms with E-state index in [1.807, 2.05) is 12.1 Å². The Labute approximate surface area is 206 Å². The van der Waals surface area contributed by atoms with E-state index in [9.17, 15) is 19.2 Å². The number of nitrogens with zero attached hydrogens (tertiary/aromatic N) is 4. The lowest BCUT2D eigenvalue weighted by Crippen LogP contribution is -2.52. The number of aromatic nitrogens is 3. The number of hydrogen-bond acceptors (Lipinski definition) is 8. The molecule has 0 saturated carbocycles. The minimum absolute atomic E-state index is 0.112. The second kappa shape index (κ2) is 11.5. The maximum Gasteiger partial charge on any atom is 0.303 e. The second-order valence-electron chi connectivity index (χ2n) is 8.36. The van der Waals surface area contributed by atoms with Crippen LogP contribution in [-0.2, 0) is 38.6 Å².